The Kier molecular flexibility index (Phi) is 10.9. The van der Waals surface area contributed by atoms with Crippen molar-refractivity contribution in [2.24, 2.45) is 0 Å². The molecule has 1 unspecified atom stereocenters. The van der Waals surface area contributed by atoms with Crippen LogP contribution >= 0.6 is 23.2 Å². The van der Waals surface area contributed by atoms with Gasteiger partial charge in [-0.05, 0) is 54.1 Å². The molecule has 15 heteroatoms. The van der Waals surface area contributed by atoms with Gasteiger partial charge in [0.25, 0.3) is 11.8 Å². The van der Waals surface area contributed by atoms with Gasteiger partial charge in [0.15, 0.2) is 5.82 Å². The number of nitrogens with zero attached hydrogens (tertiary/aromatic N) is 4. The summed E-state index contributed by atoms with van der Waals surface area (Å²) in [5.74, 6) is -2.30. The number of halogens is 4. The van der Waals surface area contributed by atoms with E-state index in [1.165, 1.54) is 30.3 Å². The fourth-order valence-electron chi connectivity index (χ4n) is 4.89. The standard InChI is InChI=1S/C25H25ClFN7O4.C6H4ClF/c26-17-8-16(9-18(27)10-17)23(35)32-21-19-13-30-24(36)20(14-33-4-6-38-7-5-33)34(19)22(31-21)25(37)29-12-15-2-1-3-28-11-15;7-5-1-3-6(8)4-2-5/h1-3,8-11,20H,4-7,12-14H2,(H,29,37)(H,30,36)(H,32,35);1-4H. The minimum Gasteiger partial charge on any atom is -0.379 e. The maximum Gasteiger partial charge on any atom is 0.287 e. The van der Waals surface area contributed by atoms with Crippen LogP contribution in [0.5, 0.6) is 0 Å². The van der Waals surface area contributed by atoms with Crippen molar-refractivity contribution in [3.8, 4) is 0 Å². The summed E-state index contributed by atoms with van der Waals surface area (Å²) in [6, 6.07) is 11.9. The average molecular weight is 673 g/mol. The molecular weight excluding hydrogens is 643 g/mol. The van der Waals surface area contributed by atoms with Crippen LogP contribution in [0.4, 0.5) is 14.6 Å². The van der Waals surface area contributed by atoms with Gasteiger partial charge in [0.2, 0.25) is 11.7 Å². The van der Waals surface area contributed by atoms with Gasteiger partial charge in [-0.15, -0.1) is 0 Å². The summed E-state index contributed by atoms with van der Waals surface area (Å²) >= 11 is 11.4. The van der Waals surface area contributed by atoms with E-state index >= 15 is 0 Å². The zero-order chi connectivity index (χ0) is 32.6. The summed E-state index contributed by atoms with van der Waals surface area (Å²) in [6.07, 6.45) is 3.26. The third-order valence-electron chi connectivity index (χ3n) is 7.13. The molecule has 1 atom stereocenters. The van der Waals surface area contributed by atoms with Crippen LogP contribution in [0.1, 0.15) is 38.3 Å². The highest BCUT2D eigenvalue weighted by molar-refractivity contribution is 6.31. The van der Waals surface area contributed by atoms with Crippen LogP contribution in [0, 0.1) is 11.6 Å². The first-order valence-corrected chi connectivity index (χ1v) is 15.0. The monoisotopic (exact) mass is 671 g/mol. The summed E-state index contributed by atoms with van der Waals surface area (Å²) in [5, 5.41) is 8.92. The molecule has 1 fully saturated rings. The van der Waals surface area contributed by atoms with E-state index in [0.29, 0.717) is 43.6 Å². The highest BCUT2D eigenvalue weighted by atomic mass is 35.5. The second-order valence-electron chi connectivity index (χ2n) is 10.3. The number of ether oxygens (including phenoxy) is 1. The molecule has 46 heavy (non-hydrogen) atoms. The Morgan fingerprint density at radius 2 is 1.76 bits per heavy atom. The summed E-state index contributed by atoms with van der Waals surface area (Å²) in [4.78, 5) is 49.9. The molecule has 0 aliphatic carbocycles. The Labute approximate surface area is 272 Å². The van der Waals surface area contributed by atoms with E-state index in [2.05, 4.69) is 30.8 Å². The van der Waals surface area contributed by atoms with Gasteiger partial charge in [-0.25, -0.2) is 13.8 Å². The van der Waals surface area contributed by atoms with Crippen LogP contribution in [0.15, 0.2) is 67.0 Å². The van der Waals surface area contributed by atoms with Gasteiger partial charge in [-0.1, -0.05) is 29.3 Å². The van der Waals surface area contributed by atoms with E-state index in [1.807, 2.05) is 6.07 Å². The van der Waals surface area contributed by atoms with Crippen molar-refractivity contribution >= 4 is 46.7 Å². The molecule has 3 amide bonds. The van der Waals surface area contributed by atoms with E-state index < -0.39 is 23.7 Å². The number of carbonyl (C=O) groups excluding carboxylic acids is 3. The number of pyridine rings is 1. The van der Waals surface area contributed by atoms with Gasteiger partial charge in [-0.3, -0.25) is 24.3 Å². The Bertz CT molecular complexity index is 1660. The van der Waals surface area contributed by atoms with E-state index in [1.54, 1.807) is 23.0 Å². The highest BCUT2D eigenvalue weighted by Crippen LogP contribution is 2.28. The minimum atomic E-state index is -0.766. The predicted octanol–water partition coefficient (Wildman–Crippen LogP) is 4.24. The molecular formula is C31H29Cl2F2N7O4. The molecule has 3 N–H and O–H groups in total. The third kappa shape index (κ3) is 8.43. The van der Waals surface area contributed by atoms with Gasteiger partial charge in [0.1, 0.15) is 17.7 Å². The molecule has 0 bridgehead atoms. The van der Waals surface area contributed by atoms with Crippen LogP contribution in [0.25, 0.3) is 0 Å². The van der Waals surface area contributed by atoms with E-state index in [-0.39, 0.29) is 47.0 Å². The Morgan fingerprint density at radius 1 is 1.00 bits per heavy atom. The second-order valence-corrected chi connectivity index (χ2v) is 11.2. The van der Waals surface area contributed by atoms with Gasteiger partial charge in [0.05, 0.1) is 25.5 Å². The largest absolute Gasteiger partial charge is 0.379 e. The molecule has 2 aromatic heterocycles. The summed E-state index contributed by atoms with van der Waals surface area (Å²) in [5.41, 5.74) is 1.22. The maximum absolute atomic E-state index is 13.8. The number of carbonyl (C=O) groups is 3. The lowest BCUT2D eigenvalue weighted by molar-refractivity contribution is -0.126. The minimum absolute atomic E-state index is 0.0101. The van der Waals surface area contributed by atoms with Crippen molar-refractivity contribution in [3.63, 3.8) is 0 Å². The topological polar surface area (TPSA) is 130 Å². The van der Waals surface area contributed by atoms with E-state index in [9.17, 15) is 23.2 Å². The van der Waals surface area contributed by atoms with Crippen LogP contribution in [0.3, 0.4) is 0 Å². The van der Waals surface area contributed by atoms with Crippen LogP contribution in [0.2, 0.25) is 10.0 Å². The molecule has 11 nitrogen and oxygen atoms in total. The van der Waals surface area contributed by atoms with E-state index in [4.69, 9.17) is 27.9 Å². The number of anilines is 1. The Balaban J connectivity index is 0.000000455. The van der Waals surface area contributed by atoms with Gasteiger partial charge in [0, 0.05) is 54.2 Å². The number of morpholine rings is 1. The third-order valence-corrected chi connectivity index (χ3v) is 7.60. The Morgan fingerprint density at radius 3 is 2.43 bits per heavy atom. The molecule has 6 rings (SSSR count). The SMILES string of the molecule is Fc1ccc(Cl)cc1.O=C(Nc1nc(C(=O)NCc2cccnc2)n2c1CNC(=O)C2CN1CCOCC1)c1cc(F)cc(Cl)c1. The van der Waals surface area contributed by atoms with Gasteiger partial charge < -0.3 is 25.3 Å². The van der Waals surface area contributed by atoms with Crippen molar-refractivity contribution in [2.45, 2.75) is 19.1 Å². The molecule has 2 aromatic carbocycles. The Hall–Kier alpha value is -4.43. The first kappa shape index (κ1) is 32.9. The summed E-state index contributed by atoms with van der Waals surface area (Å²) in [6.45, 7) is 2.93. The van der Waals surface area contributed by atoms with E-state index in [0.717, 1.165) is 17.7 Å². The number of rotatable bonds is 7. The molecule has 0 saturated carbocycles. The zero-order valence-electron chi connectivity index (χ0n) is 24.3. The summed E-state index contributed by atoms with van der Waals surface area (Å²) < 4.78 is 32.9. The molecule has 4 aromatic rings. The van der Waals surface area contributed by atoms with Crippen molar-refractivity contribution in [3.05, 3.63) is 111 Å². The molecule has 4 heterocycles. The number of amides is 3. The number of benzene rings is 2. The lowest BCUT2D eigenvalue weighted by Gasteiger charge is -2.33. The number of aromatic nitrogens is 3. The predicted molar refractivity (Wildman–Crippen MR) is 167 cm³/mol. The molecule has 0 spiro atoms. The lowest BCUT2D eigenvalue weighted by Crippen LogP contribution is -2.48. The van der Waals surface area contributed by atoms with Crippen molar-refractivity contribution in [1.82, 2.24) is 30.1 Å². The molecule has 0 radical (unpaired) electrons. The molecule has 2 aliphatic heterocycles. The smallest absolute Gasteiger partial charge is 0.287 e. The number of hydrogen-bond donors (Lipinski definition) is 3. The quantitative estimate of drug-likeness (QED) is 0.268. The second kappa shape index (κ2) is 15.2. The number of fused-ring (bicyclic) bond motifs is 1. The average Bonchev–Trinajstić information content (AvgIpc) is 3.41. The van der Waals surface area contributed by atoms with Crippen molar-refractivity contribution in [1.29, 1.82) is 0 Å². The fourth-order valence-corrected chi connectivity index (χ4v) is 5.24. The van der Waals surface area contributed by atoms with Gasteiger partial charge >= 0.3 is 0 Å². The molecule has 2 aliphatic rings. The molecule has 240 valence electrons. The fraction of sp³-hybridized carbons (Fsp3) is 0.258. The van der Waals surface area contributed by atoms with Crippen molar-refractivity contribution < 1.29 is 27.9 Å². The lowest BCUT2D eigenvalue weighted by atomic mass is 10.1. The number of imidazole rings is 1. The molecule has 1 saturated heterocycles. The van der Waals surface area contributed by atoms with Gasteiger partial charge in [-0.2, -0.15) is 0 Å². The van der Waals surface area contributed by atoms with Crippen LogP contribution in [-0.2, 0) is 22.6 Å². The highest BCUT2D eigenvalue weighted by Gasteiger charge is 2.36. The maximum atomic E-state index is 13.8. The van der Waals surface area contributed by atoms with Crippen LogP contribution < -0.4 is 16.0 Å². The first-order chi connectivity index (χ1) is 22.2. The first-order valence-electron chi connectivity index (χ1n) is 14.2. The number of nitrogens with one attached hydrogen (secondary N) is 3. The zero-order valence-corrected chi connectivity index (χ0v) is 25.8. The number of hydrogen-bond acceptors (Lipinski definition) is 7. The normalized spacial score (nSPS) is 16.0. The van der Waals surface area contributed by atoms with Crippen LogP contribution in [-0.4, -0.2) is 70.0 Å². The summed E-state index contributed by atoms with van der Waals surface area (Å²) in [7, 11) is 0. The van der Waals surface area contributed by atoms with Crippen molar-refractivity contribution in [2.75, 3.05) is 38.2 Å².